The molecule has 1 unspecified atom stereocenters. The van der Waals surface area contributed by atoms with E-state index in [0.717, 1.165) is 11.3 Å². The normalized spacial score (nSPS) is 13.9. The summed E-state index contributed by atoms with van der Waals surface area (Å²) in [4.78, 5) is 0. The van der Waals surface area contributed by atoms with Gasteiger partial charge in [-0.1, -0.05) is 39.8 Å². The third kappa shape index (κ3) is 1.91. The Kier molecular flexibility index (Phi) is 3.19. The lowest BCUT2D eigenvalue weighted by molar-refractivity contribution is 0.337. The van der Waals surface area contributed by atoms with Gasteiger partial charge in [-0.05, 0) is 11.8 Å². The minimum atomic E-state index is 0.372. The van der Waals surface area contributed by atoms with Gasteiger partial charge in [0.25, 0.3) is 0 Å². The van der Waals surface area contributed by atoms with Crippen LogP contribution in [0.15, 0.2) is 4.52 Å². The Morgan fingerprint density at radius 1 is 1.14 bits per heavy atom. The SMILES string of the molecule is CC(C)c1c(N)noc1C(C)C(C)C. The van der Waals surface area contributed by atoms with Crippen molar-refractivity contribution in [3.8, 4) is 0 Å². The number of hydrogen-bond donors (Lipinski definition) is 1. The molecule has 0 bridgehead atoms. The summed E-state index contributed by atoms with van der Waals surface area (Å²) in [5.41, 5.74) is 6.85. The molecule has 1 aromatic rings. The standard InChI is InChI=1S/C11H20N2O/c1-6(2)8(5)10-9(7(3)4)11(12)13-14-10/h6-8H,1-5H3,(H2,12,13). The Balaban J connectivity index is 3.09. The minimum absolute atomic E-state index is 0.372. The lowest BCUT2D eigenvalue weighted by atomic mass is 9.89. The van der Waals surface area contributed by atoms with E-state index in [4.69, 9.17) is 10.3 Å². The van der Waals surface area contributed by atoms with Crippen LogP contribution in [0, 0.1) is 5.92 Å². The van der Waals surface area contributed by atoms with Crippen LogP contribution < -0.4 is 5.73 Å². The molecule has 0 aliphatic carbocycles. The second-order valence-electron chi connectivity index (χ2n) is 4.53. The Bertz CT molecular complexity index is 302. The van der Waals surface area contributed by atoms with Gasteiger partial charge < -0.3 is 10.3 Å². The van der Waals surface area contributed by atoms with Crippen LogP contribution in [0.4, 0.5) is 5.82 Å². The van der Waals surface area contributed by atoms with Crippen LogP contribution in [0.2, 0.25) is 0 Å². The molecule has 0 aliphatic heterocycles. The van der Waals surface area contributed by atoms with Crippen LogP contribution in [-0.4, -0.2) is 5.16 Å². The lowest BCUT2D eigenvalue weighted by Crippen LogP contribution is -2.05. The molecule has 0 radical (unpaired) electrons. The first-order valence-corrected chi connectivity index (χ1v) is 5.20. The minimum Gasteiger partial charge on any atom is -0.381 e. The van der Waals surface area contributed by atoms with Crippen LogP contribution >= 0.6 is 0 Å². The molecule has 0 amide bonds. The predicted octanol–water partition coefficient (Wildman–Crippen LogP) is 3.14. The van der Waals surface area contributed by atoms with Crippen molar-refractivity contribution >= 4 is 5.82 Å². The molecule has 1 atom stereocenters. The summed E-state index contributed by atoms with van der Waals surface area (Å²) in [6.45, 7) is 10.7. The summed E-state index contributed by atoms with van der Waals surface area (Å²) in [6.07, 6.45) is 0. The smallest absolute Gasteiger partial charge is 0.170 e. The fraction of sp³-hybridized carbons (Fsp3) is 0.727. The van der Waals surface area contributed by atoms with Gasteiger partial charge in [-0.2, -0.15) is 0 Å². The van der Waals surface area contributed by atoms with Gasteiger partial charge in [0.15, 0.2) is 5.82 Å². The van der Waals surface area contributed by atoms with E-state index in [0.29, 0.717) is 23.6 Å². The quantitative estimate of drug-likeness (QED) is 0.808. The van der Waals surface area contributed by atoms with Crippen LogP contribution in [-0.2, 0) is 0 Å². The van der Waals surface area contributed by atoms with Crippen LogP contribution in [0.25, 0.3) is 0 Å². The molecule has 1 rings (SSSR count). The summed E-state index contributed by atoms with van der Waals surface area (Å²) in [5, 5.41) is 3.84. The van der Waals surface area contributed by atoms with Crippen molar-refractivity contribution in [1.29, 1.82) is 0 Å². The summed E-state index contributed by atoms with van der Waals surface area (Å²) in [7, 11) is 0. The zero-order valence-corrected chi connectivity index (χ0v) is 9.66. The van der Waals surface area contributed by atoms with Crippen molar-refractivity contribution in [1.82, 2.24) is 5.16 Å². The summed E-state index contributed by atoms with van der Waals surface area (Å²) in [6, 6.07) is 0. The fourth-order valence-electron chi connectivity index (χ4n) is 1.53. The first kappa shape index (κ1) is 11.1. The van der Waals surface area contributed by atoms with Crippen molar-refractivity contribution in [3.63, 3.8) is 0 Å². The summed E-state index contributed by atoms with van der Waals surface area (Å²) in [5.74, 6) is 2.78. The van der Waals surface area contributed by atoms with Crippen LogP contribution in [0.5, 0.6) is 0 Å². The molecule has 1 aromatic heterocycles. The van der Waals surface area contributed by atoms with E-state index in [1.54, 1.807) is 0 Å². The van der Waals surface area contributed by atoms with E-state index in [-0.39, 0.29) is 0 Å². The topological polar surface area (TPSA) is 52.0 Å². The monoisotopic (exact) mass is 196 g/mol. The van der Waals surface area contributed by atoms with Crippen molar-refractivity contribution in [2.45, 2.75) is 46.5 Å². The highest BCUT2D eigenvalue weighted by molar-refractivity contribution is 5.43. The van der Waals surface area contributed by atoms with E-state index in [1.165, 1.54) is 0 Å². The highest BCUT2D eigenvalue weighted by atomic mass is 16.5. The lowest BCUT2D eigenvalue weighted by Gasteiger charge is -2.15. The highest BCUT2D eigenvalue weighted by Gasteiger charge is 2.23. The van der Waals surface area contributed by atoms with Gasteiger partial charge in [0.1, 0.15) is 5.76 Å². The number of hydrogen-bond acceptors (Lipinski definition) is 3. The Morgan fingerprint density at radius 3 is 2.14 bits per heavy atom. The van der Waals surface area contributed by atoms with Gasteiger partial charge >= 0.3 is 0 Å². The number of rotatable bonds is 3. The van der Waals surface area contributed by atoms with Crippen molar-refractivity contribution in [2.24, 2.45) is 5.92 Å². The second-order valence-corrected chi connectivity index (χ2v) is 4.53. The van der Waals surface area contributed by atoms with E-state index in [9.17, 15) is 0 Å². The van der Waals surface area contributed by atoms with Crippen LogP contribution in [0.3, 0.4) is 0 Å². The first-order chi connectivity index (χ1) is 6.45. The van der Waals surface area contributed by atoms with Gasteiger partial charge in [0.2, 0.25) is 0 Å². The number of nitrogen functional groups attached to an aromatic ring is 1. The molecule has 1 heterocycles. The molecule has 0 aliphatic rings. The summed E-state index contributed by atoms with van der Waals surface area (Å²) >= 11 is 0. The number of nitrogens with zero attached hydrogens (tertiary/aromatic N) is 1. The molecule has 80 valence electrons. The van der Waals surface area contributed by atoms with Gasteiger partial charge in [0, 0.05) is 11.5 Å². The molecule has 0 fully saturated rings. The maximum absolute atomic E-state index is 5.78. The van der Waals surface area contributed by atoms with Crippen molar-refractivity contribution in [2.75, 3.05) is 5.73 Å². The maximum atomic E-state index is 5.78. The van der Waals surface area contributed by atoms with Gasteiger partial charge in [-0.25, -0.2) is 0 Å². The second kappa shape index (κ2) is 4.03. The first-order valence-electron chi connectivity index (χ1n) is 5.20. The Morgan fingerprint density at radius 2 is 1.71 bits per heavy atom. The summed E-state index contributed by atoms with van der Waals surface area (Å²) < 4.78 is 5.30. The Hall–Kier alpha value is -0.990. The number of nitrogens with two attached hydrogens (primary N) is 1. The third-order valence-corrected chi connectivity index (χ3v) is 2.77. The predicted molar refractivity (Wildman–Crippen MR) is 58.3 cm³/mol. The average Bonchev–Trinajstić information content (AvgIpc) is 2.45. The molecule has 0 aromatic carbocycles. The molecule has 14 heavy (non-hydrogen) atoms. The van der Waals surface area contributed by atoms with Gasteiger partial charge in [0.05, 0.1) is 0 Å². The molecular weight excluding hydrogens is 176 g/mol. The number of aromatic nitrogens is 1. The number of anilines is 1. The molecule has 0 saturated heterocycles. The van der Waals surface area contributed by atoms with E-state index in [2.05, 4.69) is 39.8 Å². The molecule has 0 spiro atoms. The molecule has 3 nitrogen and oxygen atoms in total. The highest BCUT2D eigenvalue weighted by Crippen LogP contribution is 2.33. The zero-order chi connectivity index (χ0) is 10.9. The molecular formula is C11H20N2O. The molecule has 2 N–H and O–H groups in total. The van der Waals surface area contributed by atoms with Gasteiger partial charge in [-0.3, -0.25) is 0 Å². The van der Waals surface area contributed by atoms with E-state index >= 15 is 0 Å². The molecule has 3 heteroatoms. The van der Waals surface area contributed by atoms with Crippen LogP contribution in [0.1, 0.15) is 57.8 Å². The third-order valence-electron chi connectivity index (χ3n) is 2.77. The maximum Gasteiger partial charge on any atom is 0.170 e. The largest absolute Gasteiger partial charge is 0.381 e. The van der Waals surface area contributed by atoms with Crippen molar-refractivity contribution in [3.05, 3.63) is 11.3 Å². The van der Waals surface area contributed by atoms with E-state index in [1.807, 2.05) is 0 Å². The van der Waals surface area contributed by atoms with Gasteiger partial charge in [-0.15, -0.1) is 0 Å². The zero-order valence-electron chi connectivity index (χ0n) is 9.66. The van der Waals surface area contributed by atoms with Crippen molar-refractivity contribution < 1.29 is 4.52 Å². The average molecular weight is 196 g/mol. The fourth-order valence-corrected chi connectivity index (χ4v) is 1.53. The molecule has 0 saturated carbocycles. The van der Waals surface area contributed by atoms with E-state index < -0.39 is 0 Å². The Labute approximate surface area is 85.7 Å².